The number of nitrogens with zero attached hydrogens (tertiary/aromatic N) is 3. The molecule has 0 radical (unpaired) electrons. The molecule has 0 fully saturated rings. The van der Waals surface area contributed by atoms with Gasteiger partial charge in [0.25, 0.3) is 0 Å². The molecule has 1 aromatic heterocycles. The maximum absolute atomic E-state index is 10.8. The Bertz CT molecular complexity index is 324. The maximum atomic E-state index is 10.8. The normalized spacial score (nSPS) is 12.7. The average Bonchev–Trinajstić information content (AvgIpc) is 2.58. The van der Waals surface area contributed by atoms with Crippen molar-refractivity contribution in [1.82, 2.24) is 20.1 Å². The fourth-order valence-corrected chi connectivity index (χ4v) is 1.28. The van der Waals surface area contributed by atoms with E-state index < -0.39 is 12.0 Å². The number of hydrogen-bond donors (Lipinski definition) is 2. The van der Waals surface area contributed by atoms with Crippen molar-refractivity contribution in [2.45, 2.75) is 32.4 Å². The molecule has 0 aromatic carbocycles. The molecule has 0 aliphatic carbocycles. The van der Waals surface area contributed by atoms with Gasteiger partial charge < -0.3 is 5.11 Å². The highest BCUT2D eigenvalue weighted by Gasteiger charge is 2.15. The number of carbonyl (C=O) groups is 1. The van der Waals surface area contributed by atoms with E-state index >= 15 is 0 Å². The standard InChI is InChI=1S/C9H16N4O2/c1-3-4-7(9(14)15)10-5-8-11-6-13(2)12-8/h6-7,10H,3-5H2,1-2H3,(H,14,15). The third kappa shape index (κ3) is 3.67. The highest BCUT2D eigenvalue weighted by Crippen LogP contribution is 1.98. The summed E-state index contributed by atoms with van der Waals surface area (Å²) < 4.78 is 1.59. The first kappa shape index (κ1) is 11.6. The minimum atomic E-state index is -0.826. The number of carboxylic acids is 1. The Hall–Kier alpha value is -1.43. The first-order valence-electron chi connectivity index (χ1n) is 4.94. The van der Waals surface area contributed by atoms with E-state index in [-0.39, 0.29) is 0 Å². The summed E-state index contributed by atoms with van der Waals surface area (Å²) in [5.41, 5.74) is 0. The van der Waals surface area contributed by atoms with E-state index in [4.69, 9.17) is 5.11 Å². The van der Waals surface area contributed by atoms with Crippen LogP contribution in [-0.2, 0) is 18.4 Å². The quantitative estimate of drug-likeness (QED) is 0.702. The van der Waals surface area contributed by atoms with Gasteiger partial charge in [-0.05, 0) is 6.42 Å². The van der Waals surface area contributed by atoms with Crippen LogP contribution in [-0.4, -0.2) is 31.9 Å². The number of nitrogens with one attached hydrogen (secondary N) is 1. The molecule has 0 amide bonds. The Balaban J connectivity index is 2.43. The van der Waals surface area contributed by atoms with Crippen LogP contribution in [0.1, 0.15) is 25.6 Å². The Morgan fingerprint density at radius 1 is 1.73 bits per heavy atom. The average molecular weight is 212 g/mol. The summed E-state index contributed by atoms with van der Waals surface area (Å²) >= 11 is 0. The Morgan fingerprint density at radius 2 is 2.47 bits per heavy atom. The van der Waals surface area contributed by atoms with Crippen LogP contribution in [0.5, 0.6) is 0 Å². The second kappa shape index (κ2) is 5.45. The molecule has 0 saturated heterocycles. The predicted molar refractivity (Wildman–Crippen MR) is 54.2 cm³/mol. The lowest BCUT2D eigenvalue weighted by Gasteiger charge is -2.11. The van der Waals surface area contributed by atoms with E-state index in [0.717, 1.165) is 6.42 Å². The summed E-state index contributed by atoms with van der Waals surface area (Å²) in [6.07, 6.45) is 3.04. The largest absolute Gasteiger partial charge is 0.480 e. The fourth-order valence-electron chi connectivity index (χ4n) is 1.28. The van der Waals surface area contributed by atoms with Gasteiger partial charge in [0.1, 0.15) is 12.4 Å². The minimum absolute atomic E-state index is 0.387. The SMILES string of the molecule is CCCC(NCc1ncn(C)n1)C(=O)O. The van der Waals surface area contributed by atoms with Crippen LogP contribution in [0.3, 0.4) is 0 Å². The van der Waals surface area contributed by atoms with Gasteiger partial charge in [0.05, 0.1) is 6.54 Å². The molecule has 6 nitrogen and oxygen atoms in total. The van der Waals surface area contributed by atoms with E-state index in [0.29, 0.717) is 18.8 Å². The van der Waals surface area contributed by atoms with Gasteiger partial charge in [-0.1, -0.05) is 13.3 Å². The minimum Gasteiger partial charge on any atom is -0.480 e. The van der Waals surface area contributed by atoms with Crippen LogP contribution in [0, 0.1) is 0 Å². The number of aromatic nitrogens is 3. The first-order chi connectivity index (χ1) is 7.13. The van der Waals surface area contributed by atoms with Gasteiger partial charge in [-0.15, -0.1) is 0 Å². The van der Waals surface area contributed by atoms with Crippen LogP contribution in [0.2, 0.25) is 0 Å². The van der Waals surface area contributed by atoms with E-state index in [1.807, 2.05) is 6.92 Å². The molecule has 1 unspecified atom stereocenters. The van der Waals surface area contributed by atoms with Gasteiger partial charge in [0, 0.05) is 7.05 Å². The lowest BCUT2D eigenvalue weighted by molar-refractivity contribution is -0.139. The second-order valence-electron chi connectivity index (χ2n) is 3.39. The van der Waals surface area contributed by atoms with Crippen molar-refractivity contribution in [3.63, 3.8) is 0 Å². The smallest absolute Gasteiger partial charge is 0.320 e. The van der Waals surface area contributed by atoms with E-state index in [1.54, 1.807) is 18.1 Å². The third-order valence-electron chi connectivity index (χ3n) is 2.03. The molecular weight excluding hydrogens is 196 g/mol. The van der Waals surface area contributed by atoms with Crippen molar-refractivity contribution in [3.8, 4) is 0 Å². The number of carboxylic acid groups (broad SMARTS) is 1. The second-order valence-corrected chi connectivity index (χ2v) is 3.39. The summed E-state index contributed by atoms with van der Waals surface area (Å²) in [7, 11) is 1.78. The van der Waals surface area contributed by atoms with Gasteiger partial charge >= 0.3 is 5.97 Å². The van der Waals surface area contributed by atoms with Crippen molar-refractivity contribution in [2.75, 3.05) is 0 Å². The van der Waals surface area contributed by atoms with Crippen LogP contribution < -0.4 is 5.32 Å². The number of hydrogen-bond acceptors (Lipinski definition) is 4. The molecule has 1 atom stereocenters. The molecule has 15 heavy (non-hydrogen) atoms. The van der Waals surface area contributed by atoms with E-state index in [2.05, 4.69) is 15.4 Å². The Labute approximate surface area is 88.3 Å². The molecule has 1 heterocycles. The summed E-state index contributed by atoms with van der Waals surface area (Å²) in [6, 6.07) is -0.515. The van der Waals surface area contributed by atoms with Crippen molar-refractivity contribution >= 4 is 5.97 Å². The van der Waals surface area contributed by atoms with E-state index in [1.165, 1.54) is 0 Å². The van der Waals surface area contributed by atoms with Gasteiger partial charge in [0.2, 0.25) is 0 Å². The highest BCUT2D eigenvalue weighted by atomic mass is 16.4. The van der Waals surface area contributed by atoms with Crippen molar-refractivity contribution < 1.29 is 9.90 Å². The molecule has 0 saturated carbocycles. The monoisotopic (exact) mass is 212 g/mol. The molecule has 1 rings (SSSR count). The van der Waals surface area contributed by atoms with Gasteiger partial charge in [-0.3, -0.25) is 14.8 Å². The topological polar surface area (TPSA) is 80.0 Å². The van der Waals surface area contributed by atoms with Crippen molar-refractivity contribution in [2.24, 2.45) is 7.05 Å². The molecule has 6 heteroatoms. The van der Waals surface area contributed by atoms with Gasteiger partial charge in [-0.2, -0.15) is 5.10 Å². The van der Waals surface area contributed by atoms with Gasteiger partial charge in [-0.25, -0.2) is 4.98 Å². The molecule has 0 spiro atoms. The summed E-state index contributed by atoms with van der Waals surface area (Å²) in [5.74, 6) is -0.215. The summed E-state index contributed by atoms with van der Waals surface area (Å²) in [6.45, 7) is 2.34. The maximum Gasteiger partial charge on any atom is 0.320 e. The predicted octanol–water partition coefficient (Wildman–Crippen LogP) is 0.158. The lowest BCUT2D eigenvalue weighted by atomic mass is 10.2. The highest BCUT2D eigenvalue weighted by molar-refractivity contribution is 5.73. The Kier molecular flexibility index (Phi) is 4.23. The first-order valence-corrected chi connectivity index (χ1v) is 4.94. The van der Waals surface area contributed by atoms with Gasteiger partial charge in [0.15, 0.2) is 5.82 Å². The third-order valence-corrected chi connectivity index (χ3v) is 2.03. The number of rotatable bonds is 6. The molecular formula is C9H16N4O2. The van der Waals surface area contributed by atoms with Crippen LogP contribution in [0.15, 0.2) is 6.33 Å². The fraction of sp³-hybridized carbons (Fsp3) is 0.667. The number of aryl methyl sites for hydroxylation is 1. The molecule has 84 valence electrons. The van der Waals surface area contributed by atoms with Crippen molar-refractivity contribution in [3.05, 3.63) is 12.2 Å². The lowest BCUT2D eigenvalue weighted by Crippen LogP contribution is -2.36. The zero-order valence-corrected chi connectivity index (χ0v) is 8.97. The molecule has 0 aliphatic heterocycles. The zero-order valence-electron chi connectivity index (χ0n) is 8.97. The van der Waals surface area contributed by atoms with Crippen molar-refractivity contribution in [1.29, 1.82) is 0 Å². The van der Waals surface area contributed by atoms with Crippen LogP contribution in [0.4, 0.5) is 0 Å². The molecule has 0 aliphatic rings. The van der Waals surface area contributed by atoms with E-state index in [9.17, 15) is 4.79 Å². The summed E-state index contributed by atoms with van der Waals surface area (Å²) in [4.78, 5) is 14.8. The molecule has 1 aromatic rings. The molecule has 0 bridgehead atoms. The summed E-state index contributed by atoms with van der Waals surface area (Å²) in [5, 5.41) is 15.8. The van der Waals surface area contributed by atoms with Crippen LogP contribution in [0.25, 0.3) is 0 Å². The number of aliphatic carboxylic acids is 1. The Morgan fingerprint density at radius 3 is 2.93 bits per heavy atom. The molecule has 2 N–H and O–H groups in total. The van der Waals surface area contributed by atoms with Crippen LogP contribution >= 0.6 is 0 Å². The zero-order chi connectivity index (χ0) is 11.3.